The van der Waals surface area contributed by atoms with E-state index in [1.54, 1.807) is 52.8 Å². The van der Waals surface area contributed by atoms with Crippen LogP contribution in [0, 0.1) is 28.6 Å². The maximum atomic E-state index is 14.4. The zero-order valence-electron chi connectivity index (χ0n) is 27.7. The fraction of sp³-hybridized carbons (Fsp3) is 0.629. The van der Waals surface area contributed by atoms with Gasteiger partial charge in [-0.25, -0.2) is 14.4 Å². The third-order valence-electron chi connectivity index (χ3n) is 13.0. The first-order chi connectivity index (χ1) is 21.2. The van der Waals surface area contributed by atoms with Crippen LogP contribution >= 0.6 is 0 Å². The average Bonchev–Trinajstić information content (AvgIpc) is 3.43. The van der Waals surface area contributed by atoms with Gasteiger partial charge in [-0.3, -0.25) is 9.59 Å². The van der Waals surface area contributed by atoms with Gasteiger partial charge in [0.05, 0.1) is 16.4 Å². The molecule has 4 bridgehead atoms. The summed E-state index contributed by atoms with van der Waals surface area (Å²) in [5, 5.41) is 0.542. The van der Waals surface area contributed by atoms with E-state index in [1.165, 1.54) is 0 Å². The van der Waals surface area contributed by atoms with Gasteiger partial charge in [-0.05, 0) is 78.5 Å². The lowest BCUT2D eigenvalue weighted by Crippen LogP contribution is -2.57. The van der Waals surface area contributed by atoms with E-state index in [1.807, 2.05) is 27.7 Å². The first-order valence-electron chi connectivity index (χ1n) is 15.8. The predicted molar refractivity (Wildman–Crippen MR) is 161 cm³/mol. The molecule has 5 aliphatic rings. The molecule has 3 aliphatic heterocycles. The van der Waals surface area contributed by atoms with Crippen LogP contribution in [0.3, 0.4) is 0 Å². The Labute approximate surface area is 266 Å². The maximum absolute atomic E-state index is 14.4. The minimum atomic E-state index is -1.59. The average molecular weight is 637 g/mol. The van der Waals surface area contributed by atoms with Crippen LogP contribution in [0.5, 0.6) is 5.75 Å². The van der Waals surface area contributed by atoms with Crippen LogP contribution in [-0.4, -0.2) is 46.8 Å². The van der Waals surface area contributed by atoms with Crippen molar-refractivity contribution in [2.45, 2.75) is 117 Å². The lowest BCUT2D eigenvalue weighted by atomic mass is 9.66. The van der Waals surface area contributed by atoms with Gasteiger partial charge in [-0.15, -0.1) is 0 Å². The molecule has 11 nitrogen and oxygen atoms in total. The van der Waals surface area contributed by atoms with Crippen LogP contribution in [0.1, 0.15) is 98.3 Å². The third-order valence-corrected chi connectivity index (χ3v) is 13.0. The molecule has 2 saturated heterocycles. The smallest absolute Gasteiger partial charge is 0.351 e. The molecule has 7 rings (SSSR count). The Balaban J connectivity index is 1.37. The Morgan fingerprint density at radius 1 is 0.739 bits per heavy atom. The highest BCUT2D eigenvalue weighted by Crippen LogP contribution is 2.67. The van der Waals surface area contributed by atoms with Crippen molar-refractivity contribution in [3.63, 3.8) is 0 Å². The lowest BCUT2D eigenvalue weighted by Gasteiger charge is -2.45. The molecule has 246 valence electrons. The number of carbonyl (C=O) groups is 4. The number of carbonyl (C=O) groups excluding carboxylic acids is 4. The van der Waals surface area contributed by atoms with E-state index in [-0.39, 0.29) is 29.7 Å². The lowest BCUT2D eigenvalue weighted by molar-refractivity contribution is -0.217. The molecule has 46 heavy (non-hydrogen) atoms. The van der Waals surface area contributed by atoms with E-state index < -0.39 is 80.2 Å². The quantitative estimate of drug-likeness (QED) is 0.254. The number of ether oxygens (including phenoxy) is 5. The van der Waals surface area contributed by atoms with Gasteiger partial charge in [0.1, 0.15) is 16.9 Å². The van der Waals surface area contributed by atoms with Crippen LogP contribution in [0.2, 0.25) is 0 Å². The molecule has 4 heterocycles. The minimum absolute atomic E-state index is 0.109. The Morgan fingerprint density at radius 3 is 1.74 bits per heavy atom. The molecule has 6 unspecified atom stereocenters. The summed E-state index contributed by atoms with van der Waals surface area (Å²) < 4.78 is 36.5. The van der Waals surface area contributed by atoms with E-state index in [0.29, 0.717) is 23.8 Å². The highest BCUT2D eigenvalue weighted by molar-refractivity contribution is 5.95. The number of rotatable bonds is 4. The predicted octanol–water partition coefficient (Wildman–Crippen LogP) is 5.01. The summed E-state index contributed by atoms with van der Waals surface area (Å²) in [4.78, 5) is 67.6. The monoisotopic (exact) mass is 636 g/mol. The second kappa shape index (κ2) is 8.72. The molecule has 6 atom stereocenters. The van der Waals surface area contributed by atoms with E-state index >= 15 is 0 Å². The molecule has 2 aliphatic carbocycles. The Kier molecular flexibility index (Phi) is 5.83. The molecule has 2 saturated carbocycles. The Bertz CT molecular complexity index is 1830. The maximum Gasteiger partial charge on any atom is 0.351 e. The van der Waals surface area contributed by atoms with Crippen molar-refractivity contribution in [2.75, 3.05) is 0 Å². The van der Waals surface area contributed by atoms with Gasteiger partial charge >= 0.3 is 29.5 Å². The summed E-state index contributed by atoms with van der Waals surface area (Å²) >= 11 is 0. The van der Waals surface area contributed by atoms with E-state index in [9.17, 15) is 24.0 Å². The topological polar surface area (TPSA) is 145 Å². The molecule has 1 aromatic heterocycles. The summed E-state index contributed by atoms with van der Waals surface area (Å²) in [7, 11) is 0. The molecule has 2 aromatic rings. The van der Waals surface area contributed by atoms with Gasteiger partial charge in [-0.1, -0.05) is 27.7 Å². The normalized spacial score (nSPS) is 37.3. The van der Waals surface area contributed by atoms with Crippen LogP contribution in [0.25, 0.3) is 11.0 Å². The van der Waals surface area contributed by atoms with Gasteiger partial charge < -0.3 is 28.1 Å². The largest absolute Gasteiger partial charge is 0.483 e. The Hall–Kier alpha value is -3.89. The number of benzene rings is 1. The highest BCUT2D eigenvalue weighted by atomic mass is 16.7. The fourth-order valence-electron chi connectivity index (χ4n) is 8.66. The van der Waals surface area contributed by atoms with Crippen molar-refractivity contribution in [1.29, 1.82) is 0 Å². The molecule has 1 aromatic carbocycles. The SMILES string of the molecule is Cc1cc2ccc3c(c2oc1=O)C(OC(=O)C12CCC(C)(C(=O)O1)C2(C)C)C(OC(=O)C12CCC(C)(C(=O)O1)C2(C)C)C(C)(C)O3. The number of aryl methyl sites for hydroxylation is 1. The van der Waals surface area contributed by atoms with Crippen molar-refractivity contribution >= 4 is 34.8 Å². The molecular weight excluding hydrogens is 596 g/mol. The standard InChI is InChI=1S/C35H40O11/c1-17-16-18-10-11-19-20(21(18)41-24(17)36)22(42-27(39)34-14-12-32(8,25(37)45-34)30(34,4)5)23(29(2,3)44-19)43-28(40)35-15-13-33(9,26(38)46-35)31(35,6)7/h10-11,16,22-23H,12-15H2,1-9H3. The molecule has 0 N–H and O–H groups in total. The van der Waals surface area contributed by atoms with Crippen molar-refractivity contribution in [2.24, 2.45) is 21.7 Å². The number of hydrogen-bond acceptors (Lipinski definition) is 11. The third kappa shape index (κ3) is 3.31. The summed E-state index contributed by atoms with van der Waals surface area (Å²) in [6.45, 7) is 15.9. The van der Waals surface area contributed by atoms with E-state index in [0.717, 1.165) is 0 Å². The van der Waals surface area contributed by atoms with Crippen molar-refractivity contribution in [3.8, 4) is 5.75 Å². The van der Waals surface area contributed by atoms with Crippen LogP contribution < -0.4 is 10.4 Å². The van der Waals surface area contributed by atoms with E-state index in [2.05, 4.69) is 0 Å². The van der Waals surface area contributed by atoms with Gasteiger partial charge in [0.2, 0.25) is 11.2 Å². The first-order valence-corrected chi connectivity index (χ1v) is 15.8. The first kappa shape index (κ1) is 30.7. The second-order valence-electron chi connectivity index (χ2n) is 15.8. The minimum Gasteiger partial charge on any atom is -0.483 e. The number of fused-ring (bicyclic) bond motifs is 7. The second-order valence-corrected chi connectivity index (χ2v) is 15.8. The van der Waals surface area contributed by atoms with Gasteiger partial charge in [0.25, 0.3) is 0 Å². The molecule has 0 spiro atoms. The van der Waals surface area contributed by atoms with Gasteiger partial charge in [0.15, 0.2) is 12.2 Å². The molecule has 4 fully saturated rings. The van der Waals surface area contributed by atoms with Crippen LogP contribution in [-0.2, 0) is 38.1 Å². The zero-order chi connectivity index (χ0) is 33.6. The Morgan fingerprint density at radius 2 is 1.26 bits per heavy atom. The van der Waals surface area contributed by atoms with Crippen molar-refractivity contribution < 1.29 is 47.3 Å². The summed E-state index contributed by atoms with van der Waals surface area (Å²) in [6.07, 6.45) is -1.27. The summed E-state index contributed by atoms with van der Waals surface area (Å²) in [6, 6.07) is 5.07. The zero-order valence-corrected chi connectivity index (χ0v) is 27.7. The molecule has 0 amide bonds. The van der Waals surface area contributed by atoms with Gasteiger partial charge in [-0.2, -0.15) is 0 Å². The van der Waals surface area contributed by atoms with Crippen molar-refractivity contribution in [1.82, 2.24) is 0 Å². The molecular formula is C35H40O11. The molecule has 11 heteroatoms. The number of hydrogen-bond donors (Lipinski definition) is 0. The van der Waals surface area contributed by atoms with E-state index in [4.69, 9.17) is 28.1 Å². The summed E-state index contributed by atoms with van der Waals surface area (Å²) in [5.74, 6) is -2.25. The van der Waals surface area contributed by atoms with Crippen LogP contribution in [0.4, 0.5) is 0 Å². The summed E-state index contributed by atoms with van der Waals surface area (Å²) in [5.41, 5.74) is -7.95. The van der Waals surface area contributed by atoms with Crippen molar-refractivity contribution in [3.05, 3.63) is 39.7 Å². The van der Waals surface area contributed by atoms with Gasteiger partial charge in [0, 0.05) is 21.8 Å². The molecule has 0 radical (unpaired) electrons. The number of esters is 4. The van der Waals surface area contributed by atoms with Crippen LogP contribution in [0.15, 0.2) is 27.4 Å². The highest BCUT2D eigenvalue weighted by Gasteiger charge is 2.78. The fourth-order valence-corrected chi connectivity index (χ4v) is 8.66.